The molecule has 0 radical (unpaired) electrons. The zero-order chi connectivity index (χ0) is 10.0. The van der Waals surface area contributed by atoms with Gasteiger partial charge in [-0.1, -0.05) is 0 Å². The van der Waals surface area contributed by atoms with E-state index in [0.717, 1.165) is 0 Å². The Labute approximate surface area is 76.6 Å². The highest BCUT2D eigenvalue weighted by Crippen LogP contribution is 2.22. The maximum Gasteiger partial charge on any atom is 0.125 e. The Morgan fingerprint density at radius 3 is 2.62 bits per heavy atom. The van der Waals surface area contributed by atoms with Crippen LogP contribution in [0.2, 0.25) is 0 Å². The average Bonchev–Trinajstić information content (AvgIpc) is 2.02. The number of aryl methyl sites for hydroxylation is 1. The molecule has 4 heteroatoms. The molecule has 13 heavy (non-hydrogen) atoms. The molecule has 0 unspecified atom stereocenters. The van der Waals surface area contributed by atoms with E-state index in [2.05, 4.69) is 0 Å². The summed E-state index contributed by atoms with van der Waals surface area (Å²) in [6.07, 6.45) is 0. The summed E-state index contributed by atoms with van der Waals surface area (Å²) in [6, 6.07) is 2.68. The normalized spacial score (nSPS) is 10.2. The lowest BCUT2D eigenvalue weighted by atomic mass is 10.1. The number of nitrogens with two attached hydrogens (primary N) is 1. The van der Waals surface area contributed by atoms with Crippen molar-refractivity contribution in [1.82, 2.24) is 0 Å². The maximum atomic E-state index is 12.9. The molecular formula is C9H13FN2O. The van der Waals surface area contributed by atoms with E-state index in [1.807, 2.05) is 0 Å². The van der Waals surface area contributed by atoms with Gasteiger partial charge in [-0.15, -0.1) is 0 Å². The lowest BCUT2D eigenvalue weighted by Gasteiger charge is -2.17. The van der Waals surface area contributed by atoms with Gasteiger partial charge in [-0.05, 0) is 24.6 Å². The number of aliphatic hydroxyl groups is 1. The zero-order valence-electron chi connectivity index (χ0n) is 7.71. The Hall–Kier alpha value is -1.13. The van der Waals surface area contributed by atoms with E-state index < -0.39 is 0 Å². The lowest BCUT2D eigenvalue weighted by Crippen LogP contribution is -2.26. The first-order valence-electron chi connectivity index (χ1n) is 3.94. The van der Waals surface area contributed by atoms with Gasteiger partial charge in [0.15, 0.2) is 0 Å². The summed E-state index contributed by atoms with van der Waals surface area (Å²) in [5.41, 5.74) is 1.88. The highest BCUT2D eigenvalue weighted by atomic mass is 19.1. The molecule has 0 atom stereocenters. The van der Waals surface area contributed by atoms with Crippen molar-refractivity contribution in [1.29, 1.82) is 0 Å². The van der Waals surface area contributed by atoms with Crippen LogP contribution < -0.4 is 10.9 Å². The van der Waals surface area contributed by atoms with E-state index in [0.29, 0.717) is 16.8 Å². The van der Waals surface area contributed by atoms with E-state index in [4.69, 9.17) is 10.9 Å². The summed E-state index contributed by atoms with van der Waals surface area (Å²) < 4.78 is 12.9. The number of anilines is 1. The molecule has 1 rings (SSSR count). The van der Waals surface area contributed by atoms with Gasteiger partial charge in [-0.25, -0.2) is 10.2 Å². The van der Waals surface area contributed by atoms with Crippen LogP contribution in [0.15, 0.2) is 12.1 Å². The molecule has 3 nitrogen and oxygen atoms in total. The predicted octanol–water partition coefficient (Wildman–Crippen LogP) is 0.936. The monoisotopic (exact) mass is 184 g/mol. The van der Waals surface area contributed by atoms with Crippen molar-refractivity contribution in [2.24, 2.45) is 5.84 Å². The number of benzene rings is 1. The van der Waals surface area contributed by atoms with Crippen LogP contribution in [0.4, 0.5) is 10.1 Å². The van der Waals surface area contributed by atoms with Crippen LogP contribution in [0, 0.1) is 12.7 Å². The minimum Gasteiger partial charge on any atom is -0.392 e. The van der Waals surface area contributed by atoms with Gasteiger partial charge in [-0.3, -0.25) is 0 Å². The molecule has 0 saturated heterocycles. The van der Waals surface area contributed by atoms with Crippen molar-refractivity contribution in [3.63, 3.8) is 0 Å². The lowest BCUT2D eigenvalue weighted by molar-refractivity contribution is 0.281. The first-order valence-corrected chi connectivity index (χ1v) is 3.94. The van der Waals surface area contributed by atoms with Crippen molar-refractivity contribution in [2.75, 3.05) is 12.1 Å². The van der Waals surface area contributed by atoms with Crippen molar-refractivity contribution in [3.05, 3.63) is 29.1 Å². The highest BCUT2D eigenvalue weighted by molar-refractivity contribution is 5.55. The number of aliphatic hydroxyl groups excluding tert-OH is 1. The Morgan fingerprint density at radius 1 is 1.54 bits per heavy atom. The molecule has 0 aliphatic heterocycles. The molecule has 0 amide bonds. The Kier molecular flexibility index (Phi) is 2.85. The fourth-order valence-electron chi connectivity index (χ4n) is 1.28. The van der Waals surface area contributed by atoms with E-state index in [-0.39, 0.29) is 12.4 Å². The zero-order valence-corrected chi connectivity index (χ0v) is 7.71. The van der Waals surface area contributed by atoms with Gasteiger partial charge in [0.25, 0.3) is 0 Å². The van der Waals surface area contributed by atoms with Gasteiger partial charge < -0.3 is 10.1 Å². The standard InChI is InChI=1S/C9H13FN2O/c1-6-3-7(10)4-9(12(2)11)8(6)5-13/h3-4,13H,5,11H2,1-2H3. The third-order valence-electron chi connectivity index (χ3n) is 1.95. The predicted molar refractivity (Wildman–Crippen MR) is 49.7 cm³/mol. The van der Waals surface area contributed by atoms with Crippen LogP contribution in [0.3, 0.4) is 0 Å². The summed E-state index contributed by atoms with van der Waals surface area (Å²) in [4.78, 5) is 0. The van der Waals surface area contributed by atoms with Crippen molar-refractivity contribution in [2.45, 2.75) is 13.5 Å². The molecule has 1 aromatic carbocycles. The Bertz CT molecular complexity index is 313. The molecule has 3 N–H and O–H groups in total. The summed E-state index contributed by atoms with van der Waals surface area (Å²) >= 11 is 0. The molecule has 0 saturated carbocycles. The number of rotatable bonds is 2. The highest BCUT2D eigenvalue weighted by Gasteiger charge is 2.09. The van der Waals surface area contributed by atoms with Crippen LogP contribution in [0.25, 0.3) is 0 Å². The van der Waals surface area contributed by atoms with Crippen molar-refractivity contribution >= 4 is 5.69 Å². The van der Waals surface area contributed by atoms with E-state index >= 15 is 0 Å². The SMILES string of the molecule is Cc1cc(F)cc(N(C)N)c1CO. The second-order valence-electron chi connectivity index (χ2n) is 2.99. The van der Waals surface area contributed by atoms with Crippen molar-refractivity contribution in [3.8, 4) is 0 Å². The third kappa shape index (κ3) is 1.96. The Balaban J connectivity index is 3.29. The summed E-state index contributed by atoms with van der Waals surface area (Å²) in [7, 11) is 1.60. The maximum absolute atomic E-state index is 12.9. The first-order chi connectivity index (χ1) is 6.06. The molecule has 72 valence electrons. The quantitative estimate of drug-likeness (QED) is 0.531. The molecule has 0 spiro atoms. The second kappa shape index (κ2) is 3.72. The van der Waals surface area contributed by atoms with Gasteiger partial charge in [0, 0.05) is 12.6 Å². The van der Waals surface area contributed by atoms with Crippen LogP contribution in [0.1, 0.15) is 11.1 Å². The number of halogens is 1. The molecular weight excluding hydrogens is 171 g/mol. The molecule has 0 bridgehead atoms. The minimum absolute atomic E-state index is 0.136. The van der Waals surface area contributed by atoms with E-state index in [1.54, 1.807) is 14.0 Å². The van der Waals surface area contributed by atoms with Crippen LogP contribution >= 0.6 is 0 Å². The molecule has 1 aromatic rings. The number of nitrogens with zero attached hydrogens (tertiary/aromatic N) is 1. The van der Waals surface area contributed by atoms with Gasteiger partial charge in [0.05, 0.1) is 12.3 Å². The molecule has 0 heterocycles. The largest absolute Gasteiger partial charge is 0.392 e. The number of hydrazine groups is 1. The minimum atomic E-state index is -0.345. The molecule has 0 aromatic heterocycles. The average molecular weight is 184 g/mol. The van der Waals surface area contributed by atoms with E-state index in [9.17, 15) is 4.39 Å². The molecule has 0 aliphatic carbocycles. The fraction of sp³-hybridized carbons (Fsp3) is 0.333. The summed E-state index contributed by atoms with van der Waals surface area (Å²) in [5.74, 6) is 5.14. The molecule has 0 aliphatic rings. The van der Waals surface area contributed by atoms with Gasteiger partial charge in [-0.2, -0.15) is 0 Å². The number of hydrogen-bond donors (Lipinski definition) is 2. The third-order valence-corrected chi connectivity index (χ3v) is 1.95. The topological polar surface area (TPSA) is 49.5 Å². The summed E-state index contributed by atoms with van der Waals surface area (Å²) in [5, 5.41) is 10.3. The van der Waals surface area contributed by atoms with Crippen molar-refractivity contribution < 1.29 is 9.50 Å². The first kappa shape index (κ1) is 9.95. The fourth-order valence-corrected chi connectivity index (χ4v) is 1.28. The number of hydrogen-bond acceptors (Lipinski definition) is 3. The smallest absolute Gasteiger partial charge is 0.125 e. The van der Waals surface area contributed by atoms with E-state index in [1.165, 1.54) is 17.1 Å². The summed E-state index contributed by atoms with van der Waals surface area (Å²) in [6.45, 7) is 1.60. The molecule has 0 fully saturated rings. The van der Waals surface area contributed by atoms with Gasteiger partial charge in [0.2, 0.25) is 0 Å². The van der Waals surface area contributed by atoms with Crippen LogP contribution in [-0.2, 0) is 6.61 Å². The second-order valence-corrected chi connectivity index (χ2v) is 2.99. The van der Waals surface area contributed by atoms with Crippen LogP contribution in [0.5, 0.6) is 0 Å². The Morgan fingerprint density at radius 2 is 2.15 bits per heavy atom. The van der Waals surface area contributed by atoms with Crippen LogP contribution in [-0.4, -0.2) is 12.2 Å². The van der Waals surface area contributed by atoms with Gasteiger partial charge in [0.1, 0.15) is 5.82 Å². The van der Waals surface area contributed by atoms with Gasteiger partial charge >= 0.3 is 0 Å².